The number of hydrogen-bond donors (Lipinski definition) is 1. The molecule has 0 unspecified atom stereocenters. The highest BCUT2D eigenvalue weighted by molar-refractivity contribution is 9.10. The van der Waals surface area contributed by atoms with E-state index >= 15 is 0 Å². The molecule has 2 aromatic rings. The molecule has 0 aliphatic rings. The highest BCUT2D eigenvalue weighted by atomic mass is 79.9. The Bertz CT molecular complexity index is 555. The largest absolute Gasteiger partial charge is 0.364 e. The summed E-state index contributed by atoms with van der Waals surface area (Å²) in [6, 6.07) is 8.15. The number of rotatable bonds is 3. The summed E-state index contributed by atoms with van der Waals surface area (Å²) in [5.74, 6) is 0.778. The van der Waals surface area contributed by atoms with Crippen LogP contribution in [-0.2, 0) is 6.54 Å². The molecule has 0 saturated heterocycles. The van der Waals surface area contributed by atoms with Crippen molar-refractivity contribution in [3.05, 3.63) is 50.6 Å². The summed E-state index contributed by atoms with van der Waals surface area (Å²) in [7, 11) is 0. The van der Waals surface area contributed by atoms with Gasteiger partial charge in [-0.15, -0.1) is 10.2 Å². The van der Waals surface area contributed by atoms with Crippen LogP contribution in [0.3, 0.4) is 0 Å². The molecule has 0 aliphatic carbocycles. The van der Waals surface area contributed by atoms with Gasteiger partial charge in [-0.05, 0) is 42.7 Å². The Morgan fingerprint density at radius 3 is 2.44 bits per heavy atom. The molecular weight excluding hydrogens is 314 g/mol. The van der Waals surface area contributed by atoms with Crippen molar-refractivity contribution in [1.82, 2.24) is 10.2 Å². The molecule has 0 bridgehead atoms. The summed E-state index contributed by atoms with van der Waals surface area (Å²) in [4.78, 5) is 0. The molecule has 0 fully saturated rings. The number of halogens is 2. The highest BCUT2D eigenvalue weighted by Gasteiger charge is 2.07. The predicted molar refractivity (Wildman–Crippen MR) is 78.0 cm³/mol. The van der Waals surface area contributed by atoms with Crippen LogP contribution >= 0.6 is 27.5 Å². The third-order valence-corrected chi connectivity index (χ3v) is 3.73. The van der Waals surface area contributed by atoms with Crippen molar-refractivity contribution in [2.75, 3.05) is 5.32 Å². The lowest BCUT2D eigenvalue weighted by Crippen LogP contribution is -2.05. The van der Waals surface area contributed by atoms with Crippen molar-refractivity contribution in [2.24, 2.45) is 0 Å². The van der Waals surface area contributed by atoms with Crippen molar-refractivity contribution in [2.45, 2.75) is 20.4 Å². The molecule has 1 aromatic heterocycles. The Morgan fingerprint density at radius 1 is 1.11 bits per heavy atom. The fourth-order valence-corrected chi connectivity index (χ4v) is 1.98. The number of nitrogens with one attached hydrogen (secondary N) is 1. The molecular formula is C13H13BrClN3. The maximum absolute atomic E-state index is 5.91. The third kappa shape index (κ3) is 3.00. The molecule has 0 saturated carbocycles. The number of anilines is 1. The zero-order valence-electron chi connectivity index (χ0n) is 10.2. The molecule has 3 nitrogen and oxygen atoms in total. The second-order valence-electron chi connectivity index (χ2n) is 4.07. The van der Waals surface area contributed by atoms with E-state index in [4.69, 9.17) is 11.6 Å². The maximum atomic E-state index is 5.91. The van der Waals surface area contributed by atoms with Crippen LogP contribution in [0, 0.1) is 13.8 Å². The van der Waals surface area contributed by atoms with Crippen molar-refractivity contribution in [3.8, 4) is 0 Å². The van der Waals surface area contributed by atoms with E-state index in [0.717, 1.165) is 21.4 Å². The maximum Gasteiger partial charge on any atom is 0.155 e. The summed E-state index contributed by atoms with van der Waals surface area (Å²) >= 11 is 9.33. The summed E-state index contributed by atoms with van der Waals surface area (Å²) in [6.45, 7) is 4.64. The fourth-order valence-electron chi connectivity index (χ4n) is 1.53. The van der Waals surface area contributed by atoms with Gasteiger partial charge in [-0.2, -0.15) is 0 Å². The van der Waals surface area contributed by atoms with Gasteiger partial charge in [0.25, 0.3) is 0 Å². The zero-order chi connectivity index (χ0) is 13.1. The van der Waals surface area contributed by atoms with E-state index in [0.29, 0.717) is 11.7 Å². The van der Waals surface area contributed by atoms with E-state index in [9.17, 15) is 0 Å². The van der Waals surface area contributed by atoms with Gasteiger partial charge in [0.05, 0.1) is 0 Å². The normalized spacial score (nSPS) is 10.4. The minimum atomic E-state index is 0.460. The van der Waals surface area contributed by atoms with Crippen molar-refractivity contribution < 1.29 is 0 Å². The number of aromatic nitrogens is 2. The first-order valence-corrected chi connectivity index (χ1v) is 6.72. The van der Waals surface area contributed by atoms with E-state index in [-0.39, 0.29) is 0 Å². The fraction of sp³-hybridized carbons (Fsp3) is 0.231. The SMILES string of the molecule is Cc1c(Cl)nnc(NCc2ccc(Br)cc2)c1C. The molecule has 0 radical (unpaired) electrons. The van der Waals surface area contributed by atoms with Crippen LogP contribution in [-0.4, -0.2) is 10.2 Å². The van der Waals surface area contributed by atoms with Crippen molar-refractivity contribution >= 4 is 33.3 Å². The van der Waals surface area contributed by atoms with Gasteiger partial charge in [-0.1, -0.05) is 39.7 Å². The van der Waals surface area contributed by atoms with Gasteiger partial charge in [0.2, 0.25) is 0 Å². The highest BCUT2D eigenvalue weighted by Crippen LogP contribution is 2.21. The van der Waals surface area contributed by atoms with Gasteiger partial charge >= 0.3 is 0 Å². The number of hydrogen-bond acceptors (Lipinski definition) is 3. The van der Waals surface area contributed by atoms with E-state index in [2.05, 4.69) is 43.6 Å². The molecule has 18 heavy (non-hydrogen) atoms. The van der Waals surface area contributed by atoms with E-state index in [1.165, 1.54) is 5.56 Å². The summed E-state index contributed by atoms with van der Waals surface area (Å²) in [5, 5.41) is 11.7. The summed E-state index contributed by atoms with van der Waals surface area (Å²) in [6.07, 6.45) is 0. The van der Waals surface area contributed by atoms with Gasteiger partial charge in [0.1, 0.15) is 0 Å². The molecule has 0 aliphatic heterocycles. The van der Waals surface area contributed by atoms with Gasteiger partial charge in [0, 0.05) is 11.0 Å². The molecule has 1 N–H and O–H groups in total. The lowest BCUT2D eigenvalue weighted by atomic mass is 10.2. The van der Waals surface area contributed by atoms with Gasteiger partial charge < -0.3 is 5.32 Å². The van der Waals surface area contributed by atoms with Gasteiger partial charge in [-0.25, -0.2) is 0 Å². The van der Waals surface area contributed by atoms with Crippen LogP contribution in [0.5, 0.6) is 0 Å². The van der Waals surface area contributed by atoms with Crippen LogP contribution in [0.1, 0.15) is 16.7 Å². The Hall–Kier alpha value is -1.13. The monoisotopic (exact) mass is 325 g/mol. The zero-order valence-corrected chi connectivity index (χ0v) is 12.5. The lowest BCUT2D eigenvalue weighted by Gasteiger charge is -2.10. The second kappa shape index (κ2) is 5.67. The van der Waals surface area contributed by atoms with Crippen LogP contribution in [0.15, 0.2) is 28.7 Å². The third-order valence-electron chi connectivity index (χ3n) is 2.84. The number of benzene rings is 1. The second-order valence-corrected chi connectivity index (χ2v) is 5.34. The van der Waals surface area contributed by atoms with Gasteiger partial charge in [-0.3, -0.25) is 0 Å². The van der Waals surface area contributed by atoms with Crippen molar-refractivity contribution in [1.29, 1.82) is 0 Å². The Kier molecular flexibility index (Phi) is 4.19. The van der Waals surface area contributed by atoms with Crippen LogP contribution in [0.25, 0.3) is 0 Å². The number of nitrogens with zero attached hydrogens (tertiary/aromatic N) is 2. The summed E-state index contributed by atoms with van der Waals surface area (Å²) in [5.41, 5.74) is 3.18. The van der Waals surface area contributed by atoms with Crippen LogP contribution in [0.4, 0.5) is 5.82 Å². The first-order valence-electron chi connectivity index (χ1n) is 5.55. The van der Waals surface area contributed by atoms with Crippen LogP contribution < -0.4 is 5.32 Å². The molecule has 2 rings (SSSR count). The van der Waals surface area contributed by atoms with E-state index in [1.54, 1.807) is 0 Å². The molecule has 5 heteroatoms. The minimum Gasteiger partial charge on any atom is -0.364 e. The Morgan fingerprint density at radius 2 is 1.78 bits per heavy atom. The first-order chi connectivity index (χ1) is 8.58. The molecule has 1 aromatic carbocycles. The Balaban J connectivity index is 2.11. The minimum absolute atomic E-state index is 0.460. The smallest absolute Gasteiger partial charge is 0.155 e. The quantitative estimate of drug-likeness (QED) is 0.922. The predicted octanol–water partition coefficient (Wildman–Crippen LogP) is 4.12. The lowest BCUT2D eigenvalue weighted by molar-refractivity contribution is 0.971. The Labute approximate surface area is 120 Å². The average molecular weight is 327 g/mol. The topological polar surface area (TPSA) is 37.8 Å². The average Bonchev–Trinajstić information content (AvgIpc) is 2.37. The summed E-state index contributed by atoms with van der Waals surface area (Å²) < 4.78 is 1.07. The van der Waals surface area contributed by atoms with Crippen molar-refractivity contribution in [3.63, 3.8) is 0 Å². The van der Waals surface area contributed by atoms with E-state index < -0.39 is 0 Å². The molecule has 0 spiro atoms. The first kappa shape index (κ1) is 13.3. The molecule has 0 atom stereocenters. The van der Waals surface area contributed by atoms with Crippen LogP contribution in [0.2, 0.25) is 5.15 Å². The molecule has 1 heterocycles. The molecule has 94 valence electrons. The van der Waals surface area contributed by atoms with Gasteiger partial charge in [0.15, 0.2) is 11.0 Å². The standard InChI is InChI=1S/C13H13BrClN3/c1-8-9(2)13(18-17-12(8)15)16-7-10-3-5-11(14)6-4-10/h3-6H,7H2,1-2H3,(H,16,18). The van der Waals surface area contributed by atoms with E-state index in [1.807, 2.05) is 26.0 Å². The molecule has 0 amide bonds.